The fourth-order valence-electron chi connectivity index (χ4n) is 4.46. The molecular formula is C20H28N4O3S. The molecule has 2 aliphatic rings. The summed E-state index contributed by atoms with van der Waals surface area (Å²) in [6, 6.07) is 8.38. The van der Waals surface area contributed by atoms with Gasteiger partial charge >= 0.3 is 0 Å². The third-order valence-electron chi connectivity index (χ3n) is 6.10. The van der Waals surface area contributed by atoms with Crippen LogP contribution in [-0.2, 0) is 14.8 Å². The normalized spacial score (nSPS) is 20.0. The zero-order valence-electron chi connectivity index (χ0n) is 16.3. The molecule has 28 heavy (non-hydrogen) atoms. The molecule has 1 aromatic heterocycles. The van der Waals surface area contributed by atoms with E-state index in [2.05, 4.69) is 20.9 Å². The van der Waals surface area contributed by atoms with Crippen molar-refractivity contribution in [2.24, 2.45) is 5.92 Å². The highest BCUT2D eigenvalue weighted by Gasteiger charge is 2.31. The average Bonchev–Trinajstić information content (AvgIpc) is 3.35. The Labute approximate surface area is 166 Å². The van der Waals surface area contributed by atoms with E-state index in [1.807, 2.05) is 18.2 Å². The van der Waals surface area contributed by atoms with Crippen molar-refractivity contribution in [3.05, 3.63) is 24.3 Å². The molecule has 0 atom stereocenters. The maximum Gasteiger partial charge on any atom is 0.229 e. The van der Waals surface area contributed by atoms with Crippen LogP contribution in [-0.4, -0.2) is 47.0 Å². The van der Waals surface area contributed by atoms with Crippen molar-refractivity contribution >= 4 is 32.9 Å². The third-order valence-corrected chi connectivity index (χ3v) is 7.99. The predicted octanol–water partition coefficient (Wildman–Crippen LogP) is 3.15. The van der Waals surface area contributed by atoms with Crippen LogP contribution in [0.4, 0.5) is 5.95 Å². The van der Waals surface area contributed by atoms with Gasteiger partial charge in [0.2, 0.25) is 21.9 Å². The fourth-order valence-corrected chi connectivity index (χ4v) is 5.59. The van der Waals surface area contributed by atoms with Crippen LogP contribution in [0.3, 0.4) is 0 Å². The minimum Gasteiger partial charge on any atom is -0.307 e. The van der Waals surface area contributed by atoms with Gasteiger partial charge in [-0.05, 0) is 44.7 Å². The van der Waals surface area contributed by atoms with Crippen LogP contribution in [0.1, 0.15) is 51.5 Å². The fraction of sp³-hybridized carbons (Fsp3) is 0.600. The van der Waals surface area contributed by atoms with Gasteiger partial charge in [0.1, 0.15) is 0 Å². The largest absolute Gasteiger partial charge is 0.307 e. The number of carbonyl (C=O) groups is 1. The van der Waals surface area contributed by atoms with E-state index in [9.17, 15) is 13.2 Å². The smallest absolute Gasteiger partial charge is 0.229 e. The predicted molar refractivity (Wildman–Crippen MR) is 110 cm³/mol. The molecule has 2 aromatic rings. The number of sulfonamides is 1. The second-order valence-corrected chi connectivity index (χ2v) is 10.1. The number of nitrogens with one attached hydrogen (secondary N) is 1. The molecule has 0 radical (unpaired) electrons. The average molecular weight is 405 g/mol. The van der Waals surface area contributed by atoms with Gasteiger partial charge in [-0.15, -0.1) is 0 Å². The summed E-state index contributed by atoms with van der Waals surface area (Å²) in [6.45, 7) is 2.47. The van der Waals surface area contributed by atoms with Crippen molar-refractivity contribution in [2.75, 3.05) is 24.2 Å². The summed E-state index contributed by atoms with van der Waals surface area (Å²) in [4.78, 5) is 17.6. The number of hydrogen-bond acceptors (Lipinski definition) is 4. The first-order valence-electron chi connectivity index (χ1n) is 10.2. The molecule has 0 bridgehead atoms. The molecule has 1 saturated heterocycles. The summed E-state index contributed by atoms with van der Waals surface area (Å²) >= 11 is 0. The van der Waals surface area contributed by atoms with E-state index in [1.165, 1.54) is 17.1 Å². The van der Waals surface area contributed by atoms with Crippen LogP contribution in [0, 0.1) is 5.92 Å². The standard InChI is InChI=1S/C20H28N4O3S/c1-2-28(26,27)23-13-11-15(12-14-23)19(25)22-20-21-17-9-5-6-10-18(17)24(20)16-7-3-4-8-16/h5-6,9-10,15-16H,2-4,7-8,11-14H2,1H3,(H,21,22,25). The summed E-state index contributed by atoms with van der Waals surface area (Å²) in [5, 5.41) is 3.06. The summed E-state index contributed by atoms with van der Waals surface area (Å²) in [7, 11) is -3.18. The summed E-state index contributed by atoms with van der Waals surface area (Å²) in [6.07, 6.45) is 5.72. The van der Waals surface area contributed by atoms with Crippen LogP contribution in [0.25, 0.3) is 11.0 Å². The number of nitrogens with zero attached hydrogens (tertiary/aromatic N) is 3. The van der Waals surface area contributed by atoms with E-state index in [0.29, 0.717) is 37.9 Å². The molecule has 0 spiro atoms. The van der Waals surface area contributed by atoms with E-state index >= 15 is 0 Å². The van der Waals surface area contributed by atoms with Crippen LogP contribution < -0.4 is 5.32 Å². The number of aromatic nitrogens is 2. The van der Waals surface area contributed by atoms with Crippen molar-refractivity contribution in [1.29, 1.82) is 0 Å². The second kappa shape index (κ2) is 7.83. The van der Waals surface area contributed by atoms with Crippen LogP contribution in [0.15, 0.2) is 24.3 Å². The molecule has 1 aliphatic heterocycles. The Balaban J connectivity index is 1.51. The number of para-hydroxylation sites is 2. The summed E-state index contributed by atoms with van der Waals surface area (Å²) in [5.74, 6) is 0.500. The minimum absolute atomic E-state index is 0.0527. The van der Waals surface area contributed by atoms with E-state index in [-0.39, 0.29) is 17.6 Å². The monoisotopic (exact) mass is 404 g/mol. The molecule has 1 aromatic carbocycles. The summed E-state index contributed by atoms with van der Waals surface area (Å²) in [5.41, 5.74) is 1.96. The van der Waals surface area contributed by atoms with E-state index in [1.54, 1.807) is 6.92 Å². The molecule has 8 heteroatoms. The Kier molecular flexibility index (Phi) is 5.42. The van der Waals surface area contributed by atoms with Crippen LogP contribution in [0.5, 0.6) is 0 Å². The molecule has 1 N–H and O–H groups in total. The molecule has 4 rings (SSSR count). The van der Waals surface area contributed by atoms with Gasteiger partial charge in [-0.25, -0.2) is 17.7 Å². The van der Waals surface area contributed by atoms with Gasteiger partial charge in [-0.3, -0.25) is 10.1 Å². The number of hydrogen-bond donors (Lipinski definition) is 1. The molecule has 1 aliphatic carbocycles. The van der Waals surface area contributed by atoms with E-state index in [0.717, 1.165) is 23.9 Å². The van der Waals surface area contributed by atoms with E-state index < -0.39 is 10.0 Å². The Bertz CT molecular complexity index is 955. The molecule has 1 amide bonds. The highest BCUT2D eigenvalue weighted by Crippen LogP contribution is 2.35. The van der Waals surface area contributed by atoms with Crippen molar-refractivity contribution in [2.45, 2.75) is 51.5 Å². The van der Waals surface area contributed by atoms with Crippen molar-refractivity contribution in [3.8, 4) is 0 Å². The quantitative estimate of drug-likeness (QED) is 0.830. The molecule has 7 nitrogen and oxygen atoms in total. The molecule has 152 valence electrons. The van der Waals surface area contributed by atoms with Gasteiger partial charge in [-0.2, -0.15) is 0 Å². The Morgan fingerprint density at radius 3 is 2.50 bits per heavy atom. The number of benzene rings is 1. The number of imidazole rings is 1. The van der Waals surface area contributed by atoms with Gasteiger partial charge in [0.15, 0.2) is 0 Å². The zero-order valence-corrected chi connectivity index (χ0v) is 17.1. The highest BCUT2D eigenvalue weighted by atomic mass is 32.2. The zero-order chi connectivity index (χ0) is 19.7. The second-order valence-electron chi connectivity index (χ2n) is 7.80. The van der Waals surface area contributed by atoms with Crippen molar-refractivity contribution in [1.82, 2.24) is 13.9 Å². The third kappa shape index (κ3) is 3.67. The first-order chi connectivity index (χ1) is 13.5. The van der Waals surface area contributed by atoms with Gasteiger partial charge < -0.3 is 4.57 Å². The maximum absolute atomic E-state index is 12.9. The topological polar surface area (TPSA) is 84.3 Å². The molecule has 2 fully saturated rings. The minimum atomic E-state index is -3.18. The number of carbonyl (C=O) groups excluding carboxylic acids is 1. The van der Waals surface area contributed by atoms with Crippen LogP contribution >= 0.6 is 0 Å². The van der Waals surface area contributed by atoms with E-state index in [4.69, 9.17) is 0 Å². The van der Waals surface area contributed by atoms with Crippen molar-refractivity contribution < 1.29 is 13.2 Å². The first kappa shape index (κ1) is 19.4. The lowest BCUT2D eigenvalue weighted by Crippen LogP contribution is -2.42. The van der Waals surface area contributed by atoms with Gasteiger partial charge in [0, 0.05) is 25.0 Å². The summed E-state index contributed by atoms with van der Waals surface area (Å²) < 4.78 is 27.7. The van der Waals surface area contributed by atoms with Crippen LogP contribution in [0.2, 0.25) is 0 Å². The number of rotatable bonds is 5. The number of piperidine rings is 1. The number of anilines is 1. The molecule has 0 unspecified atom stereocenters. The lowest BCUT2D eigenvalue weighted by Gasteiger charge is -2.30. The number of amides is 1. The van der Waals surface area contributed by atoms with Gasteiger partial charge in [-0.1, -0.05) is 25.0 Å². The molecule has 1 saturated carbocycles. The highest BCUT2D eigenvalue weighted by molar-refractivity contribution is 7.89. The first-order valence-corrected chi connectivity index (χ1v) is 11.9. The van der Waals surface area contributed by atoms with Crippen molar-refractivity contribution in [3.63, 3.8) is 0 Å². The van der Waals surface area contributed by atoms with Gasteiger partial charge in [0.05, 0.1) is 16.8 Å². The van der Waals surface area contributed by atoms with Gasteiger partial charge in [0.25, 0.3) is 0 Å². The Hall–Kier alpha value is -1.93. The SMILES string of the molecule is CCS(=O)(=O)N1CCC(C(=O)Nc2nc3ccccc3n2C2CCCC2)CC1. The number of fused-ring (bicyclic) bond motifs is 1. The molecule has 2 heterocycles. The lowest BCUT2D eigenvalue weighted by atomic mass is 9.97. The molecular weight excluding hydrogens is 376 g/mol. The maximum atomic E-state index is 12.9. The Morgan fingerprint density at radius 1 is 1.14 bits per heavy atom. The lowest BCUT2D eigenvalue weighted by molar-refractivity contribution is -0.121. The Morgan fingerprint density at radius 2 is 1.82 bits per heavy atom.